The Morgan fingerprint density at radius 3 is 3.11 bits per heavy atom. The molecule has 0 aliphatic carbocycles. The number of carbonyl (C=O) groups excluding carboxylic acids is 1. The van der Waals surface area contributed by atoms with Gasteiger partial charge < -0.3 is 9.69 Å². The second-order valence-corrected chi connectivity index (χ2v) is 5.20. The maximum atomic E-state index is 11.0. The van der Waals surface area contributed by atoms with Crippen LogP contribution in [0, 0.1) is 0 Å². The van der Waals surface area contributed by atoms with Crippen molar-refractivity contribution in [2.24, 2.45) is 0 Å². The molecule has 4 nitrogen and oxygen atoms in total. The lowest BCUT2D eigenvalue weighted by Gasteiger charge is -2.29. The minimum Gasteiger partial charge on any atom is -0.306 e. The molecule has 18 heavy (non-hydrogen) atoms. The summed E-state index contributed by atoms with van der Waals surface area (Å²) in [6.07, 6.45) is 5.45. The highest BCUT2D eigenvalue weighted by molar-refractivity contribution is 5.75. The van der Waals surface area contributed by atoms with Crippen molar-refractivity contribution in [3.8, 4) is 0 Å². The van der Waals surface area contributed by atoms with Crippen molar-refractivity contribution in [1.29, 1.82) is 0 Å². The average Bonchev–Trinajstić information content (AvgIpc) is 2.37. The minimum absolute atomic E-state index is 0.196. The highest BCUT2D eigenvalue weighted by atomic mass is 16.1. The molecule has 2 rings (SSSR count). The predicted molar refractivity (Wildman–Crippen MR) is 70.5 cm³/mol. The maximum Gasteiger partial charge on any atom is 0.130 e. The number of aryl methyl sites for hydroxylation is 1. The molecule has 98 valence electrons. The molecular weight excluding hydrogens is 226 g/mol. The zero-order chi connectivity index (χ0) is 13.0. The third-order valence-electron chi connectivity index (χ3n) is 3.47. The fourth-order valence-corrected chi connectivity index (χ4v) is 2.46. The summed E-state index contributed by atoms with van der Waals surface area (Å²) >= 11 is 0. The van der Waals surface area contributed by atoms with Gasteiger partial charge in [-0.1, -0.05) is 0 Å². The van der Waals surface area contributed by atoms with Crippen LogP contribution in [-0.2, 0) is 11.2 Å². The predicted octanol–water partition coefficient (Wildman–Crippen LogP) is 1.81. The number of nitrogens with zero attached hydrogens (tertiary/aromatic N) is 3. The second-order valence-electron chi connectivity index (χ2n) is 5.20. The molecule has 1 atom stereocenters. The van der Waals surface area contributed by atoms with E-state index in [0.29, 0.717) is 18.8 Å². The van der Waals surface area contributed by atoms with Crippen LogP contribution in [0.25, 0.3) is 0 Å². The normalized spacial score (nSPS) is 20.9. The van der Waals surface area contributed by atoms with E-state index in [1.807, 2.05) is 12.3 Å². The summed E-state index contributed by atoms with van der Waals surface area (Å²) in [5, 5.41) is 0. The number of aromatic nitrogens is 2. The zero-order valence-electron chi connectivity index (χ0n) is 11.2. The molecule has 1 aromatic heterocycles. The topological polar surface area (TPSA) is 46.1 Å². The van der Waals surface area contributed by atoms with E-state index >= 15 is 0 Å². The third kappa shape index (κ3) is 3.60. The van der Waals surface area contributed by atoms with Crippen LogP contribution in [0.3, 0.4) is 0 Å². The summed E-state index contributed by atoms with van der Waals surface area (Å²) in [6.45, 7) is 3.86. The molecule has 0 aromatic carbocycles. The molecule has 0 bridgehead atoms. The summed E-state index contributed by atoms with van der Waals surface area (Å²) in [5.74, 6) is 1.51. The molecule has 1 fully saturated rings. The minimum atomic E-state index is 0.196. The Morgan fingerprint density at radius 1 is 1.56 bits per heavy atom. The summed E-state index contributed by atoms with van der Waals surface area (Å²) < 4.78 is 0. The molecule has 4 heteroatoms. The molecule has 0 amide bonds. The number of ketones is 1. The Labute approximate surface area is 108 Å². The van der Waals surface area contributed by atoms with Gasteiger partial charge >= 0.3 is 0 Å². The molecule has 1 unspecified atom stereocenters. The average molecular weight is 247 g/mol. The van der Waals surface area contributed by atoms with Crippen molar-refractivity contribution < 1.29 is 4.79 Å². The number of hydrogen-bond acceptors (Lipinski definition) is 4. The second kappa shape index (κ2) is 6.05. The van der Waals surface area contributed by atoms with E-state index in [9.17, 15) is 4.79 Å². The molecule has 1 aromatic rings. The van der Waals surface area contributed by atoms with Crippen molar-refractivity contribution in [2.45, 2.75) is 38.5 Å². The van der Waals surface area contributed by atoms with Gasteiger partial charge in [0, 0.05) is 37.2 Å². The monoisotopic (exact) mass is 247 g/mol. The van der Waals surface area contributed by atoms with Gasteiger partial charge in [-0.25, -0.2) is 9.97 Å². The molecule has 2 heterocycles. The number of rotatable bonds is 4. The number of likely N-dealkylation sites (tertiary alicyclic amines) is 1. The fraction of sp³-hybridized carbons (Fsp3) is 0.643. The van der Waals surface area contributed by atoms with Gasteiger partial charge in [0.25, 0.3) is 0 Å². The molecule has 0 radical (unpaired) electrons. The van der Waals surface area contributed by atoms with Gasteiger partial charge in [-0.15, -0.1) is 0 Å². The molecule has 0 saturated carbocycles. The zero-order valence-corrected chi connectivity index (χ0v) is 11.2. The first-order valence-corrected chi connectivity index (χ1v) is 6.65. The summed E-state index contributed by atoms with van der Waals surface area (Å²) in [7, 11) is 2.16. The van der Waals surface area contributed by atoms with Crippen molar-refractivity contribution in [1.82, 2.24) is 14.9 Å². The van der Waals surface area contributed by atoms with Crippen LogP contribution in [-0.4, -0.2) is 40.8 Å². The van der Waals surface area contributed by atoms with Crippen LogP contribution in [0.2, 0.25) is 0 Å². The van der Waals surface area contributed by atoms with Crippen LogP contribution in [0.15, 0.2) is 12.3 Å². The van der Waals surface area contributed by atoms with Gasteiger partial charge in [-0.2, -0.15) is 0 Å². The van der Waals surface area contributed by atoms with Gasteiger partial charge in [0.1, 0.15) is 11.6 Å². The lowest BCUT2D eigenvalue weighted by molar-refractivity contribution is -0.117. The highest BCUT2D eigenvalue weighted by Gasteiger charge is 2.20. The Balaban J connectivity index is 2.04. The number of Topliss-reactive ketones (excluding diaryl/α,β-unsaturated/α-hetero) is 1. The van der Waals surface area contributed by atoms with E-state index in [1.54, 1.807) is 6.92 Å². The first-order chi connectivity index (χ1) is 8.65. The fourth-order valence-electron chi connectivity index (χ4n) is 2.46. The molecule has 1 aliphatic heterocycles. The van der Waals surface area contributed by atoms with Crippen LogP contribution < -0.4 is 0 Å². The van der Waals surface area contributed by atoms with Gasteiger partial charge in [-0.3, -0.25) is 0 Å². The number of hydrogen-bond donors (Lipinski definition) is 0. The van der Waals surface area contributed by atoms with Gasteiger partial charge in [-0.05, 0) is 39.4 Å². The Hall–Kier alpha value is -1.29. The van der Waals surface area contributed by atoms with Crippen LogP contribution >= 0.6 is 0 Å². The molecule has 1 aliphatic rings. The molecule has 1 saturated heterocycles. The summed E-state index contributed by atoms with van der Waals surface area (Å²) in [6, 6.07) is 2.01. The largest absolute Gasteiger partial charge is 0.306 e. The first kappa shape index (κ1) is 13.1. The molecule has 0 spiro atoms. The lowest BCUT2D eigenvalue weighted by Crippen LogP contribution is -2.31. The third-order valence-corrected chi connectivity index (χ3v) is 3.47. The lowest BCUT2D eigenvalue weighted by atomic mass is 9.95. The van der Waals surface area contributed by atoms with E-state index in [4.69, 9.17) is 0 Å². The van der Waals surface area contributed by atoms with E-state index in [2.05, 4.69) is 21.9 Å². The highest BCUT2D eigenvalue weighted by Crippen LogP contribution is 2.24. The first-order valence-electron chi connectivity index (χ1n) is 6.65. The number of carbonyl (C=O) groups is 1. The summed E-state index contributed by atoms with van der Waals surface area (Å²) in [4.78, 5) is 22.2. The number of likely N-dealkylation sites (N-methyl/N-ethyl adjacent to an activating group) is 1. The molecule has 0 N–H and O–H groups in total. The SMILES string of the molecule is CC(=O)CCc1nccc(C2CCCN(C)C2)n1. The van der Waals surface area contributed by atoms with Crippen molar-refractivity contribution in [3.63, 3.8) is 0 Å². The van der Waals surface area contributed by atoms with Crippen molar-refractivity contribution in [3.05, 3.63) is 23.8 Å². The Morgan fingerprint density at radius 2 is 2.39 bits per heavy atom. The standard InChI is InChI=1S/C14H21N3O/c1-11(18)5-6-14-15-8-7-13(16-14)12-4-3-9-17(2)10-12/h7-8,12H,3-6,9-10H2,1-2H3. The van der Waals surface area contributed by atoms with Gasteiger partial charge in [0.15, 0.2) is 0 Å². The van der Waals surface area contributed by atoms with Crippen molar-refractivity contribution >= 4 is 5.78 Å². The van der Waals surface area contributed by atoms with Crippen molar-refractivity contribution in [2.75, 3.05) is 20.1 Å². The van der Waals surface area contributed by atoms with Gasteiger partial charge in [0.2, 0.25) is 0 Å². The van der Waals surface area contributed by atoms with E-state index in [0.717, 1.165) is 18.1 Å². The Kier molecular flexibility index (Phi) is 4.42. The molecular formula is C14H21N3O. The van der Waals surface area contributed by atoms with Crippen LogP contribution in [0.5, 0.6) is 0 Å². The summed E-state index contributed by atoms with van der Waals surface area (Å²) in [5.41, 5.74) is 1.13. The Bertz CT molecular complexity index is 419. The van der Waals surface area contributed by atoms with Gasteiger partial charge in [0.05, 0.1) is 0 Å². The van der Waals surface area contributed by atoms with Crippen LogP contribution in [0.1, 0.15) is 43.6 Å². The smallest absolute Gasteiger partial charge is 0.130 e. The number of piperidine rings is 1. The van der Waals surface area contributed by atoms with Crippen LogP contribution in [0.4, 0.5) is 0 Å². The maximum absolute atomic E-state index is 11.0. The van der Waals surface area contributed by atoms with E-state index in [1.165, 1.54) is 19.4 Å². The van der Waals surface area contributed by atoms with E-state index in [-0.39, 0.29) is 5.78 Å². The van der Waals surface area contributed by atoms with E-state index < -0.39 is 0 Å². The quantitative estimate of drug-likeness (QED) is 0.814.